The van der Waals surface area contributed by atoms with E-state index in [1.807, 2.05) is 0 Å². The summed E-state index contributed by atoms with van der Waals surface area (Å²) in [5, 5.41) is 3.42. The first-order valence-corrected chi connectivity index (χ1v) is 7.10. The third-order valence-electron chi connectivity index (χ3n) is 2.99. The van der Waals surface area contributed by atoms with Gasteiger partial charge in [-0.05, 0) is 25.7 Å². The molecule has 0 amide bonds. The quantitative estimate of drug-likeness (QED) is 0.853. The zero-order valence-electron chi connectivity index (χ0n) is 13.1. The fraction of sp³-hybridized carbons (Fsp3) is 0.733. The minimum Gasteiger partial charge on any atom is -0.384 e. The lowest BCUT2D eigenvalue weighted by Gasteiger charge is -2.20. The van der Waals surface area contributed by atoms with Gasteiger partial charge in [0.15, 0.2) is 0 Å². The number of hydrogen-bond donors (Lipinski definition) is 2. The summed E-state index contributed by atoms with van der Waals surface area (Å²) in [7, 11) is 0. The molecule has 0 saturated carbocycles. The molecule has 0 aliphatic rings. The maximum atomic E-state index is 5.86. The number of nitrogens with zero attached hydrogens (tertiary/aromatic N) is 2. The van der Waals surface area contributed by atoms with Gasteiger partial charge < -0.3 is 11.1 Å². The second kappa shape index (κ2) is 6.22. The standard InChI is InChI=1S/C15H28N4/c1-10(2)7-8-11(3)17-13-9-12(16)18-14(19-13)15(4,5)6/h9-11H,7-8H2,1-6H3,(H3,16,17,18,19). The summed E-state index contributed by atoms with van der Waals surface area (Å²) in [6.07, 6.45) is 2.34. The van der Waals surface area contributed by atoms with Crippen molar-refractivity contribution in [3.63, 3.8) is 0 Å². The normalized spacial score (nSPS) is 13.6. The summed E-state index contributed by atoms with van der Waals surface area (Å²) in [5.74, 6) is 2.86. The van der Waals surface area contributed by atoms with Crippen LogP contribution in [0.15, 0.2) is 6.07 Å². The molecule has 0 radical (unpaired) electrons. The Hall–Kier alpha value is -1.32. The van der Waals surface area contributed by atoms with Crippen molar-refractivity contribution in [1.29, 1.82) is 0 Å². The summed E-state index contributed by atoms with van der Waals surface area (Å²) in [6.45, 7) is 12.9. The Bertz CT molecular complexity index is 407. The van der Waals surface area contributed by atoms with Gasteiger partial charge in [-0.15, -0.1) is 0 Å². The molecule has 1 aromatic rings. The molecule has 108 valence electrons. The average Bonchev–Trinajstić information content (AvgIpc) is 2.24. The third-order valence-corrected chi connectivity index (χ3v) is 2.99. The Morgan fingerprint density at radius 1 is 1.16 bits per heavy atom. The van der Waals surface area contributed by atoms with Crippen LogP contribution in [0, 0.1) is 5.92 Å². The molecule has 0 fully saturated rings. The second-order valence-corrected chi connectivity index (χ2v) is 6.77. The van der Waals surface area contributed by atoms with Crippen molar-refractivity contribution in [2.75, 3.05) is 11.1 Å². The molecule has 1 heterocycles. The summed E-state index contributed by atoms with van der Waals surface area (Å²) in [4.78, 5) is 8.88. The number of rotatable bonds is 5. The lowest BCUT2D eigenvalue weighted by atomic mass is 9.96. The minimum absolute atomic E-state index is 0.0903. The predicted molar refractivity (Wildman–Crippen MR) is 82.3 cm³/mol. The van der Waals surface area contributed by atoms with Crippen molar-refractivity contribution in [1.82, 2.24) is 9.97 Å². The van der Waals surface area contributed by atoms with Crippen molar-refractivity contribution in [2.45, 2.75) is 65.8 Å². The van der Waals surface area contributed by atoms with Crippen molar-refractivity contribution < 1.29 is 0 Å². The van der Waals surface area contributed by atoms with E-state index >= 15 is 0 Å². The van der Waals surface area contributed by atoms with E-state index in [-0.39, 0.29) is 5.41 Å². The monoisotopic (exact) mass is 264 g/mol. The Balaban J connectivity index is 2.76. The van der Waals surface area contributed by atoms with Gasteiger partial charge >= 0.3 is 0 Å². The van der Waals surface area contributed by atoms with E-state index in [1.54, 1.807) is 6.07 Å². The maximum absolute atomic E-state index is 5.86. The fourth-order valence-corrected chi connectivity index (χ4v) is 1.78. The number of aromatic nitrogens is 2. The van der Waals surface area contributed by atoms with E-state index in [9.17, 15) is 0 Å². The van der Waals surface area contributed by atoms with E-state index in [0.29, 0.717) is 11.9 Å². The SMILES string of the molecule is CC(C)CCC(C)Nc1cc(N)nc(C(C)(C)C)n1. The molecule has 1 rings (SSSR count). The zero-order chi connectivity index (χ0) is 14.6. The van der Waals surface area contributed by atoms with Crippen molar-refractivity contribution in [3.8, 4) is 0 Å². The first kappa shape index (κ1) is 15.7. The smallest absolute Gasteiger partial charge is 0.138 e. The van der Waals surface area contributed by atoms with E-state index < -0.39 is 0 Å². The van der Waals surface area contributed by atoms with Gasteiger partial charge in [-0.1, -0.05) is 34.6 Å². The molecule has 0 spiro atoms. The molecule has 1 unspecified atom stereocenters. The summed E-state index contributed by atoms with van der Waals surface area (Å²) < 4.78 is 0. The highest BCUT2D eigenvalue weighted by Gasteiger charge is 2.19. The van der Waals surface area contributed by atoms with Gasteiger partial charge in [0, 0.05) is 17.5 Å². The van der Waals surface area contributed by atoms with Gasteiger partial charge in [-0.2, -0.15) is 0 Å². The van der Waals surface area contributed by atoms with Gasteiger partial charge in [0.25, 0.3) is 0 Å². The van der Waals surface area contributed by atoms with Gasteiger partial charge in [0.1, 0.15) is 17.5 Å². The fourth-order valence-electron chi connectivity index (χ4n) is 1.78. The Morgan fingerprint density at radius 2 is 1.79 bits per heavy atom. The largest absolute Gasteiger partial charge is 0.384 e. The highest BCUT2D eigenvalue weighted by molar-refractivity contribution is 5.45. The second-order valence-electron chi connectivity index (χ2n) is 6.77. The number of nitrogens with one attached hydrogen (secondary N) is 1. The van der Waals surface area contributed by atoms with Gasteiger partial charge in [0.2, 0.25) is 0 Å². The van der Waals surface area contributed by atoms with Crippen LogP contribution in [0.5, 0.6) is 0 Å². The lowest BCUT2D eigenvalue weighted by molar-refractivity contribution is 0.524. The van der Waals surface area contributed by atoms with Gasteiger partial charge in [0.05, 0.1) is 0 Å². The molecule has 19 heavy (non-hydrogen) atoms. The maximum Gasteiger partial charge on any atom is 0.138 e. The first-order chi connectivity index (χ1) is 8.68. The number of anilines is 2. The zero-order valence-corrected chi connectivity index (χ0v) is 13.1. The van der Waals surface area contributed by atoms with Crippen LogP contribution in [0.3, 0.4) is 0 Å². The summed E-state index contributed by atoms with van der Waals surface area (Å²) in [6, 6.07) is 2.20. The van der Waals surface area contributed by atoms with Gasteiger partial charge in [-0.25, -0.2) is 9.97 Å². The van der Waals surface area contributed by atoms with Gasteiger partial charge in [-0.3, -0.25) is 0 Å². The van der Waals surface area contributed by atoms with E-state index in [1.165, 1.54) is 6.42 Å². The Kier molecular flexibility index (Phi) is 5.15. The number of hydrogen-bond acceptors (Lipinski definition) is 4. The minimum atomic E-state index is -0.0903. The van der Waals surface area contributed by atoms with Crippen LogP contribution in [-0.2, 0) is 5.41 Å². The summed E-state index contributed by atoms with van der Waals surface area (Å²) in [5.41, 5.74) is 5.77. The average molecular weight is 264 g/mol. The van der Waals surface area contributed by atoms with Crippen LogP contribution < -0.4 is 11.1 Å². The van der Waals surface area contributed by atoms with E-state index in [4.69, 9.17) is 5.73 Å². The van der Waals surface area contributed by atoms with Crippen LogP contribution in [-0.4, -0.2) is 16.0 Å². The number of nitrogen functional groups attached to an aromatic ring is 1. The van der Waals surface area contributed by atoms with Crippen LogP contribution in [0.1, 0.15) is 60.2 Å². The molecule has 0 bridgehead atoms. The molecular weight excluding hydrogens is 236 g/mol. The Labute approximate surface area is 117 Å². The topological polar surface area (TPSA) is 63.8 Å². The van der Waals surface area contributed by atoms with Crippen LogP contribution in [0.4, 0.5) is 11.6 Å². The Morgan fingerprint density at radius 3 is 2.32 bits per heavy atom. The summed E-state index contributed by atoms with van der Waals surface area (Å²) >= 11 is 0. The molecule has 4 nitrogen and oxygen atoms in total. The van der Waals surface area contributed by atoms with Crippen molar-refractivity contribution >= 4 is 11.6 Å². The molecule has 0 aromatic carbocycles. The molecule has 1 aromatic heterocycles. The highest BCUT2D eigenvalue weighted by atomic mass is 15.1. The van der Waals surface area contributed by atoms with E-state index in [0.717, 1.165) is 24.0 Å². The predicted octanol–water partition coefficient (Wildman–Crippen LogP) is 3.59. The van der Waals surface area contributed by atoms with Crippen molar-refractivity contribution in [2.24, 2.45) is 5.92 Å². The lowest BCUT2D eigenvalue weighted by Crippen LogP contribution is -2.21. The van der Waals surface area contributed by atoms with Crippen LogP contribution in [0.2, 0.25) is 0 Å². The third kappa shape index (κ3) is 5.45. The number of nitrogens with two attached hydrogens (primary N) is 1. The molecular formula is C15H28N4. The first-order valence-electron chi connectivity index (χ1n) is 7.10. The molecule has 1 atom stereocenters. The molecule has 0 aliphatic carbocycles. The molecule has 3 N–H and O–H groups in total. The molecule has 4 heteroatoms. The van der Waals surface area contributed by atoms with E-state index in [2.05, 4.69) is 56.8 Å². The molecule has 0 saturated heterocycles. The van der Waals surface area contributed by atoms with Crippen molar-refractivity contribution in [3.05, 3.63) is 11.9 Å². The van der Waals surface area contributed by atoms with Crippen LogP contribution in [0.25, 0.3) is 0 Å². The molecule has 0 aliphatic heterocycles. The van der Waals surface area contributed by atoms with Crippen LogP contribution >= 0.6 is 0 Å². The highest BCUT2D eigenvalue weighted by Crippen LogP contribution is 2.22.